The van der Waals surface area contributed by atoms with Crippen molar-refractivity contribution in [2.45, 2.75) is 43.9 Å². The number of rotatable bonds is 12. The lowest BCUT2D eigenvalue weighted by atomic mass is 9.96. The van der Waals surface area contributed by atoms with E-state index in [0.717, 1.165) is 16.1 Å². The van der Waals surface area contributed by atoms with E-state index in [4.69, 9.17) is 21.4 Å². The number of aromatic nitrogens is 1. The summed E-state index contributed by atoms with van der Waals surface area (Å²) in [6.45, 7) is 5.82. The number of benzene rings is 3. The number of carbonyl (C=O) groups excluding carboxylic acids is 1. The van der Waals surface area contributed by atoms with Crippen LogP contribution in [0.15, 0.2) is 77.8 Å². The molecule has 44 heavy (non-hydrogen) atoms. The number of hydrogen-bond acceptors (Lipinski definition) is 7. The van der Waals surface area contributed by atoms with Crippen LogP contribution in [0, 0.1) is 0 Å². The van der Waals surface area contributed by atoms with E-state index in [0.29, 0.717) is 23.4 Å². The predicted octanol–water partition coefficient (Wildman–Crippen LogP) is 7.39. The second kappa shape index (κ2) is 14.2. The van der Waals surface area contributed by atoms with E-state index in [1.807, 2.05) is 24.4 Å². The topological polar surface area (TPSA) is 123 Å². The highest BCUT2D eigenvalue weighted by Crippen LogP contribution is 2.29. The molecule has 4 rings (SSSR count). The molecule has 0 aliphatic rings. The number of thiazole rings is 1. The Morgan fingerprint density at radius 2 is 1.80 bits per heavy atom. The van der Waals surface area contributed by atoms with Crippen molar-refractivity contribution in [1.29, 1.82) is 0 Å². The third kappa shape index (κ3) is 9.25. The molecule has 0 radical (unpaired) electrons. The molecule has 2 N–H and O–H groups in total. The van der Waals surface area contributed by atoms with Crippen LogP contribution in [0.4, 0.5) is 5.69 Å². The largest absolute Gasteiger partial charge is 0.480 e. The molecule has 230 valence electrons. The number of nitrogens with one attached hydrogen (secondary N) is 1. The fraction of sp³-hybridized carbons (Fsp3) is 0.242. The van der Waals surface area contributed by atoms with Crippen LogP contribution in [-0.4, -0.2) is 42.7 Å². The van der Waals surface area contributed by atoms with Crippen molar-refractivity contribution in [1.82, 2.24) is 4.98 Å². The second-order valence-corrected chi connectivity index (χ2v) is 14.7. The smallest absolute Gasteiger partial charge is 0.341 e. The Morgan fingerprint density at radius 1 is 1.05 bits per heavy atom. The lowest BCUT2D eigenvalue weighted by molar-refractivity contribution is -0.139. The van der Waals surface area contributed by atoms with E-state index in [1.54, 1.807) is 47.7 Å². The Kier molecular flexibility index (Phi) is 10.6. The number of sulfone groups is 1. The average molecular weight is 653 g/mol. The molecule has 0 unspecified atom stereocenters. The van der Waals surface area contributed by atoms with Gasteiger partial charge in [-0.25, -0.2) is 18.2 Å². The van der Waals surface area contributed by atoms with E-state index in [1.165, 1.54) is 29.1 Å². The van der Waals surface area contributed by atoms with Gasteiger partial charge in [-0.3, -0.25) is 4.79 Å². The summed E-state index contributed by atoms with van der Waals surface area (Å²) >= 11 is 7.49. The molecule has 0 fully saturated rings. The number of nitrogens with zero attached hydrogens (tertiary/aromatic N) is 1. The first-order valence-electron chi connectivity index (χ1n) is 13.8. The first-order chi connectivity index (χ1) is 20.8. The number of ether oxygens (including phenoxy) is 1. The molecule has 0 saturated carbocycles. The van der Waals surface area contributed by atoms with Gasteiger partial charge in [0.05, 0.1) is 16.3 Å². The highest BCUT2D eigenvalue weighted by Gasteiger charge is 2.17. The van der Waals surface area contributed by atoms with Crippen LogP contribution in [0.1, 0.15) is 58.6 Å². The quantitative estimate of drug-likeness (QED) is 0.164. The summed E-state index contributed by atoms with van der Waals surface area (Å²) in [6, 6.07) is 18.1. The zero-order valence-corrected chi connectivity index (χ0v) is 26.9. The summed E-state index contributed by atoms with van der Waals surface area (Å²) in [6.07, 6.45) is 6.42. The zero-order chi connectivity index (χ0) is 31.9. The fourth-order valence-electron chi connectivity index (χ4n) is 4.18. The van der Waals surface area contributed by atoms with E-state index in [9.17, 15) is 18.0 Å². The minimum absolute atomic E-state index is 0.0151. The van der Waals surface area contributed by atoms with Crippen molar-refractivity contribution < 1.29 is 27.9 Å². The van der Waals surface area contributed by atoms with Crippen molar-refractivity contribution in [3.05, 3.63) is 105 Å². The number of carboxylic acids is 1. The first-order valence-corrected chi connectivity index (χ1v) is 16.7. The highest BCUT2D eigenvalue weighted by atomic mass is 35.5. The van der Waals surface area contributed by atoms with Gasteiger partial charge in [0, 0.05) is 21.7 Å². The maximum absolute atomic E-state index is 13.3. The molecule has 8 nitrogen and oxygen atoms in total. The van der Waals surface area contributed by atoms with E-state index in [-0.39, 0.29) is 27.5 Å². The van der Waals surface area contributed by atoms with Gasteiger partial charge in [0.15, 0.2) is 16.4 Å². The highest BCUT2D eigenvalue weighted by molar-refractivity contribution is 7.91. The summed E-state index contributed by atoms with van der Waals surface area (Å²) in [5.74, 6) is -1.46. The molecule has 0 atom stereocenters. The summed E-state index contributed by atoms with van der Waals surface area (Å²) in [7, 11) is -3.50. The number of amides is 1. The van der Waals surface area contributed by atoms with Crippen molar-refractivity contribution >= 4 is 62.5 Å². The van der Waals surface area contributed by atoms with Gasteiger partial charge in [-0.15, -0.1) is 11.3 Å². The number of anilines is 1. The molecule has 0 aliphatic carbocycles. The number of aryl methyl sites for hydroxylation is 1. The summed E-state index contributed by atoms with van der Waals surface area (Å²) in [5, 5.41) is 13.2. The van der Waals surface area contributed by atoms with Gasteiger partial charge < -0.3 is 15.2 Å². The molecule has 0 saturated heterocycles. The summed E-state index contributed by atoms with van der Waals surface area (Å²) < 4.78 is 30.9. The maximum Gasteiger partial charge on any atom is 0.341 e. The fourth-order valence-corrected chi connectivity index (χ4v) is 6.49. The molecule has 11 heteroatoms. The van der Waals surface area contributed by atoms with Crippen LogP contribution in [0.25, 0.3) is 12.2 Å². The van der Waals surface area contributed by atoms with Crippen LogP contribution in [0.5, 0.6) is 5.75 Å². The average Bonchev–Trinajstić information content (AvgIpc) is 3.46. The molecule has 0 aliphatic heterocycles. The van der Waals surface area contributed by atoms with Gasteiger partial charge in [0.25, 0.3) is 5.91 Å². The van der Waals surface area contributed by atoms with Crippen molar-refractivity contribution in [2.75, 3.05) is 17.7 Å². The monoisotopic (exact) mass is 652 g/mol. The predicted molar refractivity (Wildman–Crippen MR) is 176 cm³/mol. The SMILES string of the molecule is CC(C)(C)c1cnc(C=Cc2cccc(C(=O)Nc3cc(CCCS(=O)(=O)c4ccc(Cl)cc4)ccc3OCC(=O)O)c2)s1. The maximum atomic E-state index is 13.3. The van der Waals surface area contributed by atoms with E-state index < -0.39 is 28.3 Å². The lowest BCUT2D eigenvalue weighted by Crippen LogP contribution is -2.15. The van der Waals surface area contributed by atoms with Crippen LogP contribution in [-0.2, 0) is 26.5 Å². The van der Waals surface area contributed by atoms with E-state index >= 15 is 0 Å². The Balaban J connectivity index is 1.47. The number of carbonyl (C=O) groups is 2. The van der Waals surface area contributed by atoms with Crippen LogP contribution < -0.4 is 10.1 Å². The minimum atomic E-state index is -3.50. The second-order valence-electron chi connectivity index (χ2n) is 11.1. The Labute approximate surface area is 266 Å². The molecule has 0 spiro atoms. The van der Waals surface area contributed by atoms with Crippen LogP contribution in [0.3, 0.4) is 0 Å². The van der Waals surface area contributed by atoms with Crippen LogP contribution in [0.2, 0.25) is 5.02 Å². The normalized spacial score (nSPS) is 11.9. The molecule has 1 heterocycles. The Hall–Kier alpha value is -3.99. The van der Waals surface area contributed by atoms with Gasteiger partial charge >= 0.3 is 5.97 Å². The number of hydrogen-bond donors (Lipinski definition) is 2. The molecule has 4 aromatic rings. The molecular formula is C33H33ClN2O6S2. The van der Waals surface area contributed by atoms with Gasteiger partial charge in [0.2, 0.25) is 0 Å². The lowest BCUT2D eigenvalue weighted by Gasteiger charge is -2.14. The van der Waals surface area contributed by atoms with Crippen molar-refractivity contribution in [3.63, 3.8) is 0 Å². The Bertz CT molecular complexity index is 1770. The molecular weight excluding hydrogens is 620 g/mol. The van der Waals surface area contributed by atoms with Crippen LogP contribution >= 0.6 is 22.9 Å². The zero-order valence-electron chi connectivity index (χ0n) is 24.5. The van der Waals surface area contributed by atoms with E-state index in [2.05, 4.69) is 31.1 Å². The van der Waals surface area contributed by atoms with Gasteiger partial charge in [-0.1, -0.05) is 56.6 Å². The molecule has 3 aromatic carbocycles. The van der Waals surface area contributed by atoms with Crippen molar-refractivity contribution in [3.8, 4) is 5.75 Å². The van der Waals surface area contributed by atoms with Crippen molar-refractivity contribution in [2.24, 2.45) is 0 Å². The molecule has 0 bridgehead atoms. The number of aliphatic carboxylic acids is 1. The standard InChI is InChI=1S/C33H33ClN2O6S2/c1-33(2,3)29-20-35-30(43-29)16-10-22-6-4-8-24(18-22)32(39)36-27-19-23(9-15-28(27)42-21-31(37)38)7-5-17-44(40,41)26-13-11-25(34)12-14-26/h4,6,8-16,18-20H,5,7,17,21H2,1-3H3,(H,36,39)(H,37,38). The molecule has 1 aromatic heterocycles. The summed E-state index contributed by atoms with van der Waals surface area (Å²) in [4.78, 5) is 30.3. The third-order valence-electron chi connectivity index (χ3n) is 6.52. The summed E-state index contributed by atoms with van der Waals surface area (Å²) in [5.41, 5.74) is 2.26. The van der Waals surface area contributed by atoms with Gasteiger partial charge in [-0.05, 0) is 84.0 Å². The minimum Gasteiger partial charge on any atom is -0.480 e. The Morgan fingerprint density at radius 3 is 2.48 bits per heavy atom. The molecule has 1 amide bonds. The first kappa shape index (κ1) is 32.9. The van der Waals surface area contributed by atoms with Gasteiger partial charge in [0.1, 0.15) is 10.8 Å². The van der Waals surface area contributed by atoms with Gasteiger partial charge in [-0.2, -0.15) is 0 Å². The third-order valence-corrected chi connectivity index (χ3v) is 9.98. The number of halogens is 1. The number of carboxylic acid groups (broad SMARTS) is 1.